The molecular formula is C59H36N2S2. The highest BCUT2D eigenvalue weighted by atomic mass is 32.2. The molecule has 0 N–H and O–H groups in total. The molecule has 2 nitrogen and oxygen atoms in total. The maximum absolute atomic E-state index is 2.50. The summed E-state index contributed by atoms with van der Waals surface area (Å²) in [4.78, 5) is 5.04. The largest absolute Gasteiger partial charge is 0.310 e. The van der Waals surface area contributed by atoms with Gasteiger partial charge in [-0.1, -0.05) is 151 Å². The van der Waals surface area contributed by atoms with Crippen LogP contribution in [0.15, 0.2) is 228 Å². The lowest BCUT2D eigenvalue weighted by atomic mass is 9.59. The van der Waals surface area contributed by atoms with Gasteiger partial charge in [0.2, 0.25) is 0 Å². The van der Waals surface area contributed by atoms with Crippen molar-refractivity contribution in [1.29, 1.82) is 0 Å². The van der Waals surface area contributed by atoms with Crippen LogP contribution in [0.25, 0.3) is 69.6 Å². The monoisotopic (exact) mass is 836 g/mol. The molecule has 14 rings (SSSR count). The van der Waals surface area contributed by atoms with Crippen LogP contribution in [0, 0.1) is 0 Å². The van der Waals surface area contributed by atoms with E-state index in [-0.39, 0.29) is 0 Å². The molecule has 63 heavy (non-hydrogen) atoms. The van der Waals surface area contributed by atoms with E-state index < -0.39 is 5.41 Å². The second kappa shape index (κ2) is 13.3. The van der Waals surface area contributed by atoms with Crippen molar-refractivity contribution in [2.24, 2.45) is 0 Å². The summed E-state index contributed by atoms with van der Waals surface area (Å²) >= 11 is 3.76. The molecule has 0 saturated carbocycles. The quantitative estimate of drug-likeness (QED) is 0.174. The van der Waals surface area contributed by atoms with Crippen molar-refractivity contribution < 1.29 is 0 Å². The Labute approximate surface area is 372 Å². The maximum Gasteiger partial charge on any atom is 0.0736 e. The van der Waals surface area contributed by atoms with Gasteiger partial charge in [0.05, 0.1) is 22.1 Å². The lowest BCUT2D eigenvalue weighted by molar-refractivity contribution is 0.707. The van der Waals surface area contributed by atoms with Crippen LogP contribution >= 0.6 is 23.1 Å². The molecule has 0 bridgehead atoms. The summed E-state index contributed by atoms with van der Waals surface area (Å²) in [5, 5.41) is 7.68. The lowest BCUT2D eigenvalue weighted by Gasteiger charge is -2.46. The third-order valence-electron chi connectivity index (χ3n) is 13.6. The number of nitrogens with zero attached hydrogens (tertiary/aromatic N) is 2. The number of anilines is 3. The van der Waals surface area contributed by atoms with Gasteiger partial charge in [0, 0.05) is 57.8 Å². The molecule has 12 aromatic rings. The molecule has 0 fully saturated rings. The minimum atomic E-state index is -0.537. The Balaban J connectivity index is 1.03. The first-order valence-electron chi connectivity index (χ1n) is 21.6. The van der Waals surface area contributed by atoms with Crippen molar-refractivity contribution in [1.82, 2.24) is 4.57 Å². The molecule has 1 atom stereocenters. The van der Waals surface area contributed by atoms with Gasteiger partial charge >= 0.3 is 0 Å². The highest BCUT2D eigenvalue weighted by Crippen LogP contribution is 2.62. The number of thiophene rings is 1. The van der Waals surface area contributed by atoms with E-state index in [4.69, 9.17) is 0 Å². The van der Waals surface area contributed by atoms with E-state index in [1.807, 2.05) is 23.1 Å². The van der Waals surface area contributed by atoms with Crippen molar-refractivity contribution >= 4 is 92.9 Å². The third-order valence-corrected chi connectivity index (χ3v) is 15.9. The van der Waals surface area contributed by atoms with Crippen LogP contribution in [0.3, 0.4) is 0 Å². The zero-order chi connectivity index (χ0) is 41.2. The van der Waals surface area contributed by atoms with Gasteiger partial charge in [-0.3, -0.25) is 0 Å². The highest BCUT2D eigenvalue weighted by molar-refractivity contribution is 7.99. The highest BCUT2D eigenvalue weighted by Gasteiger charge is 2.48. The fourth-order valence-corrected chi connectivity index (χ4v) is 13.4. The number of para-hydroxylation sites is 2. The van der Waals surface area contributed by atoms with Gasteiger partial charge in [-0.25, -0.2) is 0 Å². The normalized spacial score (nSPS) is 15.0. The number of hydrogen-bond donors (Lipinski definition) is 0. The van der Waals surface area contributed by atoms with Crippen LogP contribution in [0.2, 0.25) is 0 Å². The second-order valence-electron chi connectivity index (χ2n) is 16.8. The molecule has 1 aliphatic carbocycles. The molecule has 2 aliphatic rings. The average Bonchev–Trinajstić information content (AvgIpc) is 3.89. The van der Waals surface area contributed by atoms with Gasteiger partial charge in [0.1, 0.15) is 0 Å². The van der Waals surface area contributed by atoms with Crippen molar-refractivity contribution in [2.75, 3.05) is 4.90 Å². The predicted molar refractivity (Wildman–Crippen MR) is 267 cm³/mol. The minimum absolute atomic E-state index is 0.537. The van der Waals surface area contributed by atoms with E-state index in [0.29, 0.717) is 0 Å². The van der Waals surface area contributed by atoms with E-state index in [2.05, 4.69) is 228 Å². The van der Waals surface area contributed by atoms with Crippen molar-refractivity contribution in [3.63, 3.8) is 0 Å². The summed E-state index contributed by atoms with van der Waals surface area (Å²) in [6.07, 6.45) is 0. The van der Waals surface area contributed by atoms with Gasteiger partial charge in [-0.2, -0.15) is 0 Å². The second-order valence-corrected chi connectivity index (χ2v) is 18.9. The van der Waals surface area contributed by atoms with Gasteiger partial charge < -0.3 is 9.47 Å². The fourth-order valence-electron chi connectivity index (χ4n) is 11.1. The van der Waals surface area contributed by atoms with Crippen LogP contribution in [-0.2, 0) is 5.41 Å². The molecule has 0 saturated heterocycles. The first kappa shape index (κ1) is 35.2. The molecular weight excluding hydrogens is 801 g/mol. The Morgan fingerprint density at radius 2 is 1.03 bits per heavy atom. The summed E-state index contributed by atoms with van der Waals surface area (Å²) in [6, 6.07) is 81.6. The zero-order valence-corrected chi connectivity index (χ0v) is 35.6. The Kier molecular flexibility index (Phi) is 7.45. The van der Waals surface area contributed by atoms with Crippen LogP contribution < -0.4 is 4.90 Å². The third kappa shape index (κ3) is 4.85. The summed E-state index contributed by atoms with van der Waals surface area (Å²) in [5.41, 5.74) is 14.4. The van der Waals surface area contributed by atoms with Crippen molar-refractivity contribution in [3.8, 4) is 16.8 Å². The van der Waals surface area contributed by atoms with E-state index >= 15 is 0 Å². The summed E-state index contributed by atoms with van der Waals surface area (Å²) in [7, 11) is 0. The van der Waals surface area contributed by atoms with E-state index in [1.54, 1.807) is 0 Å². The van der Waals surface area contributed by atoms with E-state index in [9.17, 15) is 0 Å². The first-order valence-corrected chi connectivity index (χ1v) is 23.2. The molecule has 1 unspecified atom stereocenters. The van der Waals surface area contributed by atoms with Crippen LogP contribution in [0.5, 0.6) is 0 Å². The molecule has 10 aromatic carbocycles. The van der Waals surface area contributed by atoms with Crippen LogP contribution in [-0.4, -0.2) is 4.57 Å². The first-order chi connectivity index (χ1) is 31.3. The molecule has 3 heterocycles. The zero-order valence-electron chi connectivity index (χ0n) is 34.0. The number of aromatic nitrogens is 1. The van der Waals surface area contributed by atoms with Crippen molar-refractivity contribution in [3.05, 3.63) is 241 Å². The summed E-state index contributed by atoms with van der Waals surface area (Å²) < 4.78 is 5.10. The van der Waals surface area contributed by atoms with Gasteiger partial charge in [0.15, 0.2) is 0 Å². The smallest absolute Gasteiger partial charge is 0.0736 e. The van der Waals surface area contributed by atoms with Crippen molar-refractivity contribution in [2.45, 2.75) is 15.2 Å². The van der Waals surface area contributed by atoms with Gasteiger partial charge in [-0.15, -0.1) is 11.3 Å². The summed E-state index contributed by atoms with van der Waals surface area (Å²) in [5.74, 6) is 0. The molecule has 4 heteroatoms. The van der Waals surface area contributed by atoms with Gasteiger partial charge in [0.25, 0.3) is 0 Å². The number of hydrogen-bond acceptors (Lipinski definition) is 3. The number of fused-ring (bicyclic) bond motifs is 14. The standard InChI is InChI=1S/C59H36N2S2/c1-2-17-38(18-3-1)60(39-31-33-51-45(35-39)42-20-5-9-26-50(42)61(51)52-27-14-30-56-58(52)44-21-6-10-28-53(44)62-56)40-32-34-55-49(36-40)59(47-24-8-11-29-54(47)63-55)46-23-7-4-19-41(46)43-22-12-15-37-16-13-25-48(59)57(37)43/h1-36H. The molecule has 0 amide bonds. The van der Waals surface area contributed by atoms with Crippen LogP contribution in [0.1, 0.15) is 22.3 Å². The number of benzene rings is 10. The molecule has 2 aromatic heterocycles. The number of rotatable bonds is 4. The SMILES string of the molecule is c1ccc(N(c2ccc3c(c2)C2(c4ccccc4S3)c3ccccc3-c3cccc4cccc2c34)c2ccc3c(c2)c2ccccc2n3-c2cccc3sc4ccccc4c23)cc1. The van der Waals surface area contributed by atoms with E-state index in [1.165, 1.54) is 102 Å². The Morgan fingerprint density at radius 3 is 1.95 bits per heavy atom. The van der Waals surface area contributed by atoms with Gasteiger partial charge in [-0.05, 0) is 123 Å². The van der Waals surface area contributed by atoms with E-state index in [0.717, 1.165) is 17.1 Å². The summed E-state index contributed by atoms with van der Waals surface area (Å²) in [6.45, 7) is 0. The fraction of sp³-hybridized carbons (Fsp3) is 0.0169. The Morgan fingerprint density at radius 1 is 0.381 bits per heavy atom. The minimum Gasteiger partial charge on any atom is -0.310 e. The Hall–Kier alpha value is -7.37. The topological polar surface area (TPSA) is 8.17 Å². The molecule has 294 valence electrons. The predicted octanol–water partition coefficient (Wildman–Crippen LogP) is 16.6. The van der Waals surface area contributed by atoms with Crippen LogP contribution in [0.4, 0.5) is 17.1 Å². The molecule has 1 spiro atoms. The lowest BCUT2D eigenvalue weighted by Crippen LogP contribution is -2.36. The Bertz CT molecular complexity index is 3850. The maximum atomic E-state index is 2.50. The average molecular weight is 837 g/mol. The molecule has 1 aliphatic heterocycles. The molecule has 0 radical (unpaired) electrons.